The molecule has 33 heavy (non-hydrogen) atoms. The first-order valence-corrected chi connectivity index (χ1v) is 11.2. The molecule has 1 atom stereocenters. The van der Waals surface area contributed by atoms with E-state index in [2.05, 4.69) is 52.4 Å². The summed E-state index contributed by atoms with van der Waals surface area (Å²) in [5, 5.41) is 22.0. The van der Waals surface area contributed by atoms with Crippen molar-refractivity contribution in [2.75, 3.05) is 43.9 Å². The largest absolute Gasteiger partial charge is 0.481 e. The third kappa shape index (κ3) is 4.50. The van der Waals surface area contributed by atoms with Crippen LogP contribution in [-0.2, 0) is 4.79 Å². The number of aliphatic carboxylic acids is 1. The minimum absolute atomic E-state index is 0.0683. The van der Waals surface area contributed by atoms with E-state index in [1.807, 2.05) is 25.1 Å². The van der Waals surface area contributed by atoms with E-state index in [-0.39, 0.29) is 6.42 Å². The van der Waals surface area contributed by atoms with Crippen LogP contribution < -0.4 is 10.2 Å². The molecule has 1 aliphatic heterocycles. The normalized spacial score (nSPS) is 15.8. The summed E-state index contributed by atoms with van der Waals surface area (Å²) in [6, 6.07) is 13.2. The maximum atomic E-state index is 10.8. The van der Waals surface area contributed by atoms with E-state index in [0.29, 0.717) is 41.7 Å². The van der Waals surface area contributed by atoms with Gasteiger partial charge in [0.25, 0.3) is 6.01 Å². The van der Waals surface area contributed by atoms with Crippen molar-refractivity contribution < 1.29 is 14.3 Å². The molecule has 3 aromatic rings. The van der Waals surface area contributed by atoms with E-state index in [4.69, 9.17) is 9.52 Å². The van der Waals surface area contributed by atoms with Crippen molar-refractivity contribution in [2.24, 2.45) is 0 Å². The highest BCUT2D eigenvalue weighted by Crippen LogP contribution is 2.44. The summed E-state index contributed by atoms with van der Waals surface area (Å²) < 4.78 is 6.20. The fourth-order valence-electron chi connectivity index (χ4n) is 4.52. The smallest absolute Gasteiger partial charge is 0.303 e. The van der Waals surface area contributed by atoms with Gasteiger partial charge in [-0.05, 0) is 45.0 Å². The van der Waals surface area contributed by atoms with E-state index in [1.165, 1.54) is 0 Å². The monoisotopic (exact) mass is 447 g/mol. The van der Waals surface area contributed by atoms with Gasteiger partial charge in [-0.2, -0.15) is 10.2 Å². The number of oxazole rings is 1. The predicted octanol–water partition coefficient (Wildman–Crippen LogP) is 4.09. The molecule has 2 heterocycles. The molecule has 0 bridgehead atoms. The van der Waals surface area contributed by atoms with Gasteiger partial charge in [-0.25, -0.2) is 0 Å². The number of rotatable bonds is 8. The number of hydrogen-bond acceptors (Lipinski definition) is 7. The lowest BCUT2D eigenvalue weighted by molar-refractivity contribution is -0.137. The summed E-state index contributed by atoms with van der Waals surface area (Å²) in [5.74, 6) is -0.837. The number of anilines is 2. The molecule has 0 spiro atoms. The number of likely N-dealkylation sites (N-methyl/N-ethyl adjacent to an activating group) is 1. The first-order chi connectivity index (χ1) is 15.9. The summed E-state index contributed by atoms with van der Waals surface area (Å²) in [5.41, 5.74) is 5.50. The van der Waals surface area contributed by atoms with Crippen molar-refractivity contribution in [2.45, 2.75) is 32.2 Å². The van der Waals surface area contributed by atoms with Crippen molar-refractivity contribution in [1.29, 1.82) is 5.26 Å². The number of fused-ring (bicyclic) bond motifs is 1. The summed E-state index contributed by atoms with van der Waals surface area (Å²) >= 11 is 0. The Bertz CT molecular complexity index is 1200. The Balaban J connectivity index is 1.85. The molecule has 8 heteroatoms. The minimum atomic E-state index is -0.837. The number of aromatic nitrogens is 1. The summed E-state index contributed by atoms with van der Waals surface area (Å²) in [4.78, 5) is 20.0. The lowest BCUT2D eigenvalue weighted by atomic mass is 9.93. The number of benzene rings is 2. The quantitative estimate of drug-likeness (QED) is 0.498. The second kappa shape index (κ2) is 9.51. The van der Waals surface area contributed by atoms with Crippen LogP contribution in [0.2, 0.25) is 0 Å². The Morgan fingerprint density at radius 3 is 2.76 bits per heavy atom. The molecule has 1 aromatic heterocycles. The number of nitriles is 1. The molecule has 1 fully saturated rings. The van der Waals surface area contributed by atoms with Gasteiger partial charge in [0.05, 0.1) is 11.3 Å². The van der Waals surface area contributed by atoms with Crippen LogP contribution in [0.3, 0.4) is 0 Å². The molecule has 1 saturated heterocycles. The molecule has 2 N–H and O–H groups in total. The second-order valence-corrected chi connectivity index (χ2v) is 8.67. The second-order valence-electron chi connectivity index (χ2n) is 8.67. The van der Waals surface area contributed by atoms with Crippen LogP contribution in [-0.4, -0.2) is 60.7 Å². The number of hydrogen-bond donors (Lipinski definition) is 2. The van der Waals surface area contributed by atoms with Gasteiger partial charge < -0.3 is 24.6 Å². The number of carboxylic acid groups (broad SMARTS) is 1. The van der Waals surface area contributed by atoms with E-state index in [1.54, 1.807) is 0 Å². The van der Waals surface area contributed by atoms with Gasteiger partial charge in [0.2, 0.25) is 0 Å². The highest BCUT2D eigenvalue weighted by molar-refractivity contribution is 6.02. The topological polar surface area (TPSA) is 106 Å². The van der Waals surface area contributed by atoms with Gasteiger partial charge >= 0.3 is 5.97 Å². The van der Waals surface area contributed by atoms with Gasteiger partial charge in [-0.3, -0.25) is 4.79 Å². The zero-order valence-electron chi connectivity index (χ0n) is 19.3. The van der Waals surface area contributed by atoms with Crippen LogP contribution in [0.4, 0.5) is 11.7 Å². The van der Waals surface area contributed by atoms with Crippen LogP contribution in [0.1, 0.15) is 30.4 Å². The van der Waals surface area contributed by atoms with E-state index >= 15 is 0 Å². The molecular formula is C25H29N5O3. The molecule has 0 aliphatic carbocycles. The Hall–Kier alpha value is -3.57. The van der Waals surface area contributed by atoms with Crippen LogP contribution in [0, 0.1) is 18.3 Å². The van der Waals surface area contributed by atoms with E-state index in [9.17, 15) is 10.1 Å². The molecule has 0 amide bonds. The molecule has 172 valence electrons. The Labute approximate surface area is 193 Å². The van der Waals surface area contributed by atoms with Crippen LogP contribution in [0.15, 0.2) is 34.7 Å². The highest BCUT2D eigenvalue weighted by atomic mass is 16.4. The van der Waals surface area contributed by atoms with Crippen LogP contribution in [0.25, 0.3) is 22.2 Å². The van der Waals surface area contributed by atoms with Gasteiger partial charge in [0.1, 0.15) is 11.6 Å². The third-order valence-electron chi connectivity index (χ3n) is 6.29. The third-order valence-corrected chi connectivity index (χ3v) is 6.29. The summed E-state index contributed by atoms with van der Waals surface area (Å²) in [7, 11) is 4.19. The molecule has 0 saturated carbocycles. The SMILES string of the molecule is Cc1c(-c2ccccc2)c(N2CCC(N(C)C)C2)c2oc(NCCCC(=O)O)nc2c1C#N. The molecule has 2 aromatic carbocycles. The van der Waals surface area contributed by atoms with E-state index < -0.39 is 5.97 Å². The fourth-order valence-corrected chi connectivity index (χ4v) is 4.52. The van der Waals surface area contributed by atoms with Crippen molar-refractivity contribution in [3.63, 3.8) is 0 Å². The van der Waals surface area contributed by atoms with Gasteiger partial charge in [-0.1, -0.05) is 30.3 Å². The number of carboxylic acids is 1. The average Bonchev–Trinajstić information content (AvgIpc) is 3.44. The predicted molar refractivity (Wildman–Crippen MR) is 129 cm³/mol. The summed E-state index contributed by atoms with van der Waals surface area (Å²) in [6.45, 7) is 4.13. The maximum Gasteiger partial charge on any atom is 0.303 e. The summed E-state index contributed by atoms with van der Waals surface area (Å²) in [6.07, 6.45) is 1.56. The first kappa shape index (κ1) is 22.6. The highest BCUT2D eigenvalue weighted by Gasteiger charge is 2.31. The molecule has 4 rings (SSSR count). The van der Waals surface area contributed by atoms with E-state index in [0.717, 1.165) is 41.9 Å². The standard InChI is InChI=1S/C25H29N5O3/c1-16-19(14-26)22-24(33-25(28-22)27-12-7-10-20(31)32)23(21(16)17-8-5-4-6-9-17)30-13-11-18(15-30)29(2)3/h4-6,8-9,18H,7,10-13,15H2,1-3H3,(H,27,28)(H,31,32). The molecule has 1 unspecified atom stereocenters. The lowest BCUT2D eigenvalue weighted by Crippen LogP contribution is -2.31. The minimum Gasteiger partial charge on any atom is -0.481 e. The van der Waals surface area contributed by atoms with Gasteiger partial charge in [-0.15, -0.1) is 0 Å². The van der Waals surface area contributed by atoms with Crippen molar-refractivity contribution >= 4 is 28.8 Å². The number of nitrogens with zero attached hydrogens (tertiary/aromatic N) is 4. The molecule has 1 aliphatic rings. The lowest BCUT2D eigenvalue weighted by Gasteiger charge is -2.25. The molecular weight excluding hydrogens is 418 g/mol. The molecule has 8 nitrogen and oxygen atoms in total. The van der Waals surface area contributed by atoms with Gasteiger partial charge in [0, 0.05) is 37.7 Å². The molecule has 0 radical (unpaired) electrons. The average molecular weight is 448 g/mol. The van der Waals surface area contributed by atoms with Crippen LogP contribution in [0.5, 0.6) is 0 Å². The van der Waals surface area contributed by atoms with Crippen molar-refractivity contribution in [1.82, 2.24) is 9.88 Å². The number of nitrogens with one attached hydrogen (secondary N) is 1. The Morgan fingerprint density at radius 2 is 2.12 bits per heavy atom. The van der Waals surface area contributed by atoms with Crippen LogP contribution >= 0.6 is 0 Å². The zero-order valence-corrected chi connectivity index (χ0v) is 19.3. The Kier molecular flexibility index (Phi) is 6.52. The zero-order chi connectivity index (χ0) is 23.5. The number of carbonyl (C=O) groups is 1. The maximum absolute atomic E-state index is 10.8. The van der Waals surface area contributed by atoms with Gasteiger partial charge in [0.15, 0.2) is 5.58 Å². The Morgan fingerprint density at radius 1 is 1.36 bits per heavy atom. The first-order valence-electron chi connectivity index (χ1n) is 11.2. The fraction of sp³-hybridized carbons (Fsp3) is 0.400. The van der Waals surface area contributed by atoms with Crippen molar-refractivity contribution in [3.8, 4) is 17.2 Å². The van der Waals surface area contributed by atoms with Crippen molar-refractivity contribution in [3.05, 3.63) is 41.5 Å².